The largest absolute Gasteiger partial charge is 0.326 e. The van der Waals surface area contributed by atoms with E-state index in [-0.39, 0.29) is 36.0 Å². The molecule has 7 nitrogen and oxygen atoms in total. The van der Waals surface area contributed by atoms with Crippen molar-refractivity contribution in [1.82, 2.24) is 9.78 Å². The molecule has 0 unspecified atom stereocenters. The van der Waals surface area contributed by atoms with Crippen LogP contribution in [0.2, 0.25) is 0 Å². The van der Waals surface area contributed by atoms with Gasteiger partial charge in [0.05, 0.1) is 6.54 Å². The fraction of sp³-hybridized carbons (Fsp3) is 0.182. The van der Waals surface area contributed by atoms with Crippen molar-refractivity contribution in [2.75, 3.05) is 16.8 Å². The Hall–Kier alpha value is -3.74. The highest BCUT2D eigenvalue weighted by molar-refractivity contribution is 6.05. The summed E-state index contributed by atoms with van der Waals surface area (Å²) in [4.78, 5) is 38.9. The number of nitrogens with one attached hydrogen (secondary N) is 1. The average Bonchev–Trinajstić information content (AvgIpc) is 3.17. The van der Waals surface area contributed by atoms with Crippen LogP contribution in [0.1, 0.15) is 22.5 Å². The fourth-order valence-electron chi connectivity index (χ4n) is 3.36. The maximum atomic E-state index is 12.9. The van der Waals surface area contributed by atoms with Crippen LogP contribution in [0.25, 0.3) is 0 Å². The van der Waals surface area contributed by atoms with Crippen molar-refractivity contribution in [3.8, 4) is 0 Å². The third kappa shape index (κ3) is 4.08. The Morgan fingerprint density at radius 3 is 2.55 bits per heavy atom. The van der Waals surface area contributed by atoms with Gasteiger partial charge in [-0.15, -0.1) is 0 Å². The highest BCUT2D eigenvalue weighted by Crippen LogP contribution is 2.28. The maximum absolute atomic E-state index is 12.9. The Kier molecular flexibility index (Phi) is 5.20. The van der Waals surface area contributed by atoms with Gasteiger partial charge < -0.3 is 10.2 Å². The first-order chi connectivity index (χ1) is 14.1. The molecule has 29 heavy (non-hydrogen) atoms. The van der Waals surface area contributed by atoms with Crippen molar-refractivity contribution in [3.63, 3.8) is 0 Å². The summed E-state index contributed by atoms with van der Waals surface area (Å²) in [7, 11) is 0. The molecule has 0 spiro atoms. The number of carbonyl (C=O) groups is 2. The molecule has 1 aliphatic heterocycles. The third-order valence-corrected chi connectivity index (χ3v) is 4.83. The molecule has 0 bridgehead atoms. The summed E-state index contributed by atoms with van der Waals surface area (Å²) < 4.78 is 1.17. The Morgan fingerprint density at radius 1 is 0.966 bits per heavy atom. The van der Waals surface area contributed by atoms with Crippen LogP contribution >= 0.6 is 0 Å². The number of nitrogens with zero attached hydrogens (tertiary/aromatic N) is 3. The average molecular weight is 388 g/mol. The molecular formula is C22H20N4O3. The summed E-state index contributed by atoms with van der Waals surface area (Å²) in [5.74, 6) is -0.479. The van der Waals surface area contributed by atoms with Crippen LogP contribution in [0, 0.1) is 0 Å². The molecule has 0 saturated carbocycles. The van der Waals surface area contributed by atoms with Gasteiger partial charge in [0.2, 0.25) is 5.91 Å². The SMILES string of the molecule is O=C(CCn1nc(C(=O)N2CCc3ccccc32)ccc1=O)Nc1ccccc1. The number of anilines is 2. The molecule has 1 N–H and O–H groups in total. The quantitative estimate of drug-likeness (QED) is 0.728. The van der Waals surface area contributed by atoms with Gasteiger partial charge in [-0.1, -0.05) is 36.4 Å². The van der Waals surface area contributed by atoms with E-state index in [9.17, 15) is 14.4 Å². The normalized spacial score (nSPS) is 12.5. The van der Waals surface area contributed by atoms with Gasteiger partial charge in [-0.3, -0.25) is 14.4 Å². The summed E-state index contributed by atoms with van der Waals surface area (Å²) in [6, 6.07) is 19.6. The molecular weight excluding hydrogens is 368 g/mol. The first-order valence-electron chi connectivity index (χ1n) is 9.45. The number of aryl methyl sites for hydroxylation is 1. The molecule has 2 amide bonds. The third-order valence-electron chi connectivity index (χ3n) is 4.83. The van der Waals surface area contributed by atoms with Gasteiger partial charge in [0.15, 0.2) is 0 Å². The molecule has 2 heterocycles. The monoisotopic (exact) mass is 388 g/mol. The van der Waals surface area contributed by atoms with E-state index >= 15 is 0 Å². The lowest BCUT2D eigenvalue weighted by Crippen LogP contribution is -2.33. The minimum atomic E-state index is -0.351. The molecule has 2 aromatic carbocycles. The van der Waals surface area contributed by atoms with E-state index in [1.807, 2.05) is 42.5 Å². The lowest BCUT2D eigenvalue weighted by Gasteiger charge is -2.17. The molecule has 1 aromatic heterocycles. The number of fused-ring (bicyclic) bond motifs is 1. The standard InChI is InChI=1S/C22H20N4O3/c27-20(23-17-7-2-1-3-8-17)13-15-26-21(28)11-10-18(24-26)22(29)25-14-12-16-6-4-5-9-19(16)25/h1-11H,12-15H2,(H,23,27). The van der Waals surface area contributed by atoms with Crippen LogP contribution in [0.5, 0.6) is 0 Å². The first-order valence-corrected chi connectivity index (χ1v) is 9.45. The topological polar surface area (TPSA) is 84.3 Å². The molecule has 3 aromatic rings. The molecule has 0 aliphatic carbocycles. The second-order valence-electron chi connectivity index (χ2n) is 6.78. The van der Waals surface area contributed by atoms with Crippen LogP contribution in [0.3, 0.4) is 0 Å². The van der Waals surface area contributed by atoms with Gasteiger partial charge in [-0.25, -0.2) is 4.68 Å². The van der Waals surface area contributed by atoms with Crippen LogP contribution < -0.4 is 15.8 Å². The van der Waals surface area contributed by atoms with Crippen molar-refractivity contribution in [2.45, 2.75) is 19.4 Å². The van der Waals surface area contributed by atoms with E-state index in [0.29, 0.717) is 12.2 Å². The van der Waals surface area contributed by atoms with Crippen LogP contribution in [0.15, 0.2) is 71.5 Å². The van der Waals surface area contributed by atoms with Gasteiger partial charge in [-0.2, -0.15) is 5.10 Å². The van der Waals surface area contributed by atoms with Crippen LogP contribution in [-0.2, 0) is 17.8 Å². The molecule has 4 rings (SSSR count). The molecule has 146 valence electrons. The van der Waals surface area contributed by atoms with E-state index in [1.165, 1.54) is 16.8 Å². The zero-order valence-corrected chi connectivity index (χ0v) is 15.7. The summed E-state index contributed by atoms with van der Waals surface area (Å²) in [5.41, 5.74) is 2.51. The molecule has 0 atom stereocenters. The van der Waals surface area contributed by atoms with E-state index in [4.69, 9.17) is 0 Å². The smallest absolute Gasteiger partial charge is 0.278 e. The van der Waals surface area contributed by atoms with Gasteiger partial charge >= 0.3 is 0 Å². The first kappa shape index (κ1) is 18.6. The Balaban J connectivity index is 1.46. The van der Waals surface area contributed by atoms with Gasteiger partial charge in [0.25, 0.3) is 11.5 Å². The van der Waals surface area contributed by atoms with Crippen molar-refractivity contribution < 1.29 is 9.59 Å². The fourth-order valence-corrected chi connectivity index (χ4v) is 3.36. The predicted molar refractivity (Wildman–Crippen MR) is 110 cm³/mol. The number of hydrogen-bond donors (Lipinski definition) is 1. The molecule has 1 aliphatic rings. The minimum Gasteiger partial charge on any atom is -0.326 e. The number of amides is 2. The number of hydrogen-bond acceptors (Lipinski definition) is 4. The highest BCUT2D eigenvalue weighted by atomic mass is 16.2. The Bertz CT molecular complexity index is 1110. The van der Waals surface area contributed by atoms with Gasteiger partial charge in [0.1, 0.15) is 5.69 Å². The van der Waals surface area contributed by atoms with Crippen molar-refractivity contribution in [1.29, 1.82) is 0 Å². The number of benzene rings is 2. The van der Waals surface area contributed by atoms with E-state index in [2.05, 4.69) is 10.4 Å². The summed E-state index contributed by atoms with van der Waals surface area (Å²) in [6.07, 6.45) is 0.868. The second-order valence-corrected chi connectivity index (χ2v) is 6.78. The number of carbonyl (C=O) groups excluding carboxylic acids is 2. The van der Waals surface area contributed by atoms with Crippen molar-refractivity contribution in [3.05, 3.63) is 88.3 Å². The van der Waals surface area contributed by atoms with E-state index < -0.39 is 0 Å². The van der Waals surface area contributed by atoms with Crippen LogP contribution in [0.4, 0.5) is 11.4 Å². The highest BCUT2D eigenvalue weighted by Gasteiger charge is 2.26. The molecule has 0 saturated heterocycles. The Morgan fingerprint density at radius 2 is 1.72 bits per heavy atom. The van der Waals surface area contributed by atoms with E-state index in [0.717, 1.165) is 17.7 Å². The zero-order chi connectivity index (χ0) is 20.2. The molecule has 0 fully saturated rings. The zero-order valence-electron chi connectivity index (χ0n) is 15.7. The number of rotatable bonds is 5. The van der Waals surface area contributed by atoms with Crippen molar-refractivity contribution >= 4 is 23.2 Å². The summed E-state index contributed by atoms with van der Waals surface area (Å²) >= 11 is 0. The van der Waals surface area contributed by atoms with Crippen molar-refractivity contribution in [2.24, 2.45) is 0 Å². The number of para-hydroxylation sites is 2. The van der Waals surface area contributed by atoms with E-state index in [1.54, 1.807) is 17.0 Å². The summed E-state index contributed by atoms with van der Waals surface area (Å²) in [6.45, 7) is 0.674. The second kappa shape index (κ2) is 8.10. The lowest BCUT2D eigenvalue weighted by molar-refractivity contribution is -0.116. The van der Waals surface area contributed by atoms with Gasteiger partial charge in [0, 0.05) is 30.4 Å². The summed E-state index contributed by atoms with van der Waals surface area (Å²) in [5, 5.41) is 6.97. The van der Waals surface area contributed by atoms with Crippen LogP contribution in [-0.4, -0.2) is 28.1 Å². The molecule has 0 radical (unpaired) electrons. The maximum Gasteiger partial charge on any atom is 0.278 e. The Labute approximate surface area is 167 Å². The lowest BCUT2D eigenvalue weighted by atomic mass is 10.2. The molecule has 7 heteroatoms. The van der Waals surface area contributed by atoms with Gasteiger partial charge in [-0.05, 0) is 36.2 Å². The minimum absolute atomic E-state index is 0.0754. The number of aromatic nitrogens is 2. The predicted octanol–water partition coefficient (Wildman–Crippen LogP) is 2.48.